The van der Waals surface area contributed by atoms with Gasteiger partial charge in [0.05, 0.1) is 11.0 Å². The normalized spacial score (nSPS) is 11.3. The number of carboxylic acid groups (broad SMARTS) is 2. The fourth-order valence-corrected chi connectivity index (χ4v) is 4.22. The van der Waals surface area contributed by atoms with E-state index in [2.05, 4.69) is 6.07 Å². The molecule has 0 fully saturated rings. The van der Waals surface area contributed by atoms with Crippen molar-refractivity contribution in [2.75, 3.05) is 0 Å². The second-order valence-electron chi connectivity index (χ2n) is 8.27. The minimum Gasteiger partial charge on any atom is -0.478 e. The van der Waals surface area contributed by atoms with Crippen LogP contribution in [-0.4, -0.2) is 36.3 Å². The van der Waals surface area contributed by atoms with E-state index < -0.39 is 11.9 Å². The Morgan fingerprint density at radius 2 is 1.24 bits per heavy atom. The average molecular weight is 457 g/mol. The molecule has 5 rings (SSSR count). The Labute approximate surface area is 194 Å². The number of aromatic nitrogens is 5. The van der Waals surface area contributed by atoms with Crippen LogP contribution >= 0.6 is 0 Å². The highest BCUT2D eigenvalue weighted by Crippen LogP contribution is 2.24. The first kappa shape index (κ1) is 21.3. The lowest BCUT2D eigenvalue weighted by Gasteiger charge is -2.09. The zero-order valence-electron chi connectivity index (χ0n) is 18.3. The molecule has 170 valence electrons. The van der Waals surface area contributed by atoms with Gasteiger partial charge in [0.2, 0.25) is 12.7 Å². The van der Waals surface area contributed by atoms with Crippen molar-refractivity contribution in [3.8, 4) is 0 Å². The van der Waals surface area contributed by atoms with E-state index in [-0.39, 0.29) is 13.1 Å². The summed E-state index contributed by atoms with van der Waals surface area (Å²) in [4.78, 5) is 27.0. The summed E-state index contributed by atoms with van der Waals surface area (Å²) in [6.07, 6.45) is 10.7. The second kappa shape index (κ2) is 8.78. The first-order valence-electron chi connectivity index (χ1n) is 10.8. The fraction of sp³-hybridized carbons (Fsp3) is 0.160. The lowest BCUT2D eigenvalue weighted by atomic mass is 10.0. The Balaban J connectivity index is 1.50. The summed E-state index contributed by atoms with van der Waals surface area (Å²) >= 11 is 0. The summed E-state index contributed by atoms with van der Waals surface area (Å²) < 4.78 is 7.14. The van der Waals surface area contributed by atoms with Crippen LogP contribution in [0, 0.1) is 0 Å². The molecule has 0 aliphatic heterocycles. The minimum atomic E-state index is -0.884. The zero-order chi connectivity index (χ0) is 23.7. The van der Waals surface area contributed by atoms with Gasteiger partial charge in [0.25, 0.3) is 0 Å². The van der Waals surface area contributed by atoms with Gasteiger partial charge in [-0.05, 0) is 6.07 Å². The maximum atomic E-state index is 11.0. The maximum absolute atomic E-state index is 11.0. The van der Waals surface area contributed by atoms with Gasteiger partial charge < -0.3 is 10.2 Å². The van der Waals surface area contributed by atoms with Crippen LogP contribution in [0.2, 0.25) is 0 Å². The SMILES string of the molecule is O=C(O)Cn1cc[n+](Cc2cccc3cc4cccc(C[n+]5ccn(CC(=O)O)c5)c4nc23)c1. The highest BCUT2D eigenvalue weighted by atomic mass is 16.4. The largest absolute Gasteiger partial charge is 0.478 e. The van der Waals surface area contributed by atoms with Crippen molar-refractivity contribution in [1.29, 1.82) is 0 Å². The topological polar surface area (TPSA) is 105 Å². The minimum absolute atomic E-state index is 0.0827. The number of benzene rings is 2. The quantitative estimate of drug-likeness (QED) is 0.273. The van der Waals surface area contributed by atoms with Gasteiger partial charge in [-0.25, -0.2) is 32.8 Å². The second-order valence-corrected chi connectivity index (χ2v) is 8.27. The van der Waals surface area contributed by atoms with E-state index in [4.69, 9.17) is 15.2 Å². The Bertz CT molecular complexity index is 1420. The zero-order valence-corrected chi connectivity index (χ0v) is 18.3. The molecule has 2 aromatic carbocycles. The number of pyridine rings is 1. The van der Waals surface area contributed by atoms with Gasteiger partial charge >= 0.3 is 11.9 Å². The van der Waals surface area contributed by atoms with Gasteiger partial charge in [0.15, 0.2) is 13.1 Å². The van der Waals surface area contributed by atoms with E-state index in [0.717, 1.165) is 32.9 Å². The number of rotatable bonds is 8. The Morgan fingerprint density at radius 3 is 1.68 bits per heavy atom. The number of nitrogens with zero attached hydrogens (tertiary/aromatic N) is 5. The molecule has 2 N–H and O–H groups in total. The number of imidazole rings is 2. The smallest absolute Gasteiger partial charge is 0.346 e. The third-order valence-corrected chi connectivity index (χ3v) is 5.67. The van der Waals surface area contributed by atoms with Gasteiger partial charge in [-0.3, -0.25) is 0 Å². The number of fused-ring (bicyclic) bond motifs is 2. The van der Waals surface area contributed by atoms with Crippen LogP contribution in [0.5, 0.6) is 0 Å². The molecule has 3 heterocycles. The number of aliphatic carboxylic acids is 2. The summed E-state index contributed by atoms with van der Waals surface area (Å²) in [5, 5.41) is 20.1. The van der Waals surface area contributed by atoms with Crippen LogP contribution in [0.1, 0.15) is 11.1 Å². The lowest BCUT2D eigenvalue weighted by Crippen LogP contribution is -2.32. The van der Waals surface area contributed by atoms with Crippen LogP contribution in [0.15, 0.2) is 79.9 Å². The summed E-state index contributed by atoms with van der Waals surface area (Å²) in [5.74, 6) is -1.77. The predicted molar refractivity (Wildman–Crippen MR) is 122 cm³/mol. The molecule has 0 amide bonds. The van der Waals surface area contributed by atoms with E-state index in [1.807, 2.05) is 57.9 Å². The van der Waals surface area contributed by atoms with Crippen molar-refractivity contribution in [2.24, 2.45) is 0 Å². The van der Waals surface area contributed by atoms with Crippen LogP contribution in [0.25, 0.3) is 21.8 Å². The monoisotopic (exact) mass is 457 g/mol. The van der Waals surface area contributed by atoms with Gasteiger partial charge in [-0.2, -0.15) is 0 Å². The van der Waals surface area contributed by atoms with Gasteiger partial charge in [-0.1, -0.05) is 36.4 Å². The third kappa shape index (κ3) is 4.49. The van der Waals surface area contributed by atoms with Gasteiger partial charge in [0, 0.05) is 21.9 Å². The van der Waals surface area contributed by atoms with Crippen molar-refractivity contribution in [3.63, 3.8) is 0 Å². The molecule has 0 bridgehead atoms. The number of hydrogen-bond donors (Lipinski definition) is 2. The fourth-order valence-electron chi connectivity index (χ4n) is 4.22. The third-order valence-electron chi connectivity index (χ3n) is 5.67. The Hall–Kier alpha value is -4.53. The molecule has 0 unspecified atom stereocenters. The molecular formula is C25H23N5O4+2. The first-order valence-corrected chi connectivity index (χ1v) is 10.8. The highest BCUT2D eigenvalue weighted by molar-refractivity contribution is 5.95. The van der Waals surface area contributed by atoms with E-state index in [1.165, 1.54) is 0 Å². The molecule has 0 aliphatic carbocycles. The first-order chi connectivity index (χ1) is 16.4. The van der Waals surface area contributed by atoms with E-state index in [1.54, 1.807) is 34.2 Å². The molecule has 34 heavy (non-hydrogen) atoms. The van der Waals surface area contributed by atoms with Crippen molar-refractivity contribution in [1.82, 2.24) is 14.1 Å². The molecule has 9 nitrogen and oxygen atoms in total. The van der Waals surface area contributed by atoms with Crippen molar-refractivity contribution < 1.29 is 28.9 Å². The Kier molecular flexibility index (Phi) is 5.51. The standard InChI is InChI=1S/C25H21N5O4/c31-22(32)14-29-9-7-27(16-29)12-20-5-1-3-18-11-19-4-2-6-21(25(19)26-24(18)20)13-28-8-10-30(17-28)15-23(33)34/h1-11,16-17H,12-15H2/p+2. The molecule has 9 heteroatoms. The number of hydrogen-bond acceptors (Lipinski definition) is 3. The van der Waals surface area contributed by atoms with Crippen molar-refractivity contribution in [3.05, 3.63) is 91.0 Å². The maximum Gasteiger partial charge on any atom is 0.346 e. The van der Waals surface area contributed by atoms with Crippen LogP contribution < -0.4 is 9.13 Å². The molecule has 0 saturated heterocycles. The van der Waals surface area contributed by atoms with Crippen LogP contribution in [0.4, 0.5) is 0 Å². The number of carbonyl (C=O) groups is 2. The van der Waals surface area contributed by atoms with Crippen molar-refractivity contribution in [2.45, 2.75) is 26.2 Å². The van der Waals surface area contributed by atoms with Crippen LogP contribution in [0.3, 0.4) is 0 Å². The summed E-state index contributed by atoms with van der Waals surface area (Å²) in [6.45, 7) is 0.968. The molecular weight excluding hydrogens is 434 g/mol. The summed E-state index contributed by atoms with van der Waals surface area (Å²) in [5.41, 5.74) is 3.86. The predicted octanol–water partition coefficient (Wildman–Crippen LogP) is 1.83. The summed E-state index contributed by atoms with van der Waals surface area (Å²) in [6, 6.07) is 14.3. The molecule has 0 spiro atoms. The Morgan fingerprint density at radius 1 is 0.765 bits per heavy atom. The molecule has 0 radical (unpaired) electrons. The van der Waals surface area contributed by atoms with Gasteiger partial charge in [-0.15, -0.1) is 0 Å². The highest BCUT2D eigenvalue weighted by Gasteiger charge is 2.14. The molecule has 3 aromatic heterocycles. The van der Waals surface area contributed by atoms with E-state index >= 15 is 0 Å². The molecule has 0 saturated carbocycles. The lowest BCUT2D eigenvalue weighted by molar-refractivity contribution is -0.687. The van der Waals surface area contributed by atoms with Crippen molar-refractivity contribution >= 4 is 33.7 Å². The molecule has 0 aliphatic rings. The van der Waals surface area contributed by atoms with Gasteiger partial charge in [0.1, 0.15) is 37.9 Å². The van der Waals surface area contributed by atoms with E-state index in [9.17, 15) is 9.59 Å². The van der Waals surface area contributed by atoms with E-state index in [0.29, 0.717) is 13.1 Å². The molecule has 0 atom stereocenters. The van der Waals surface area contributed by atoms with Crippen LogP contribution in [-0.2, 0) is 35.8 Å². The average Bonchev–Trinajstić information content (AvgIpc) is 3.41. The molecule has 5 aromatic rings. The number of para-hydroxylation sites is 2. The summed E-state index contributed by atoms with van der Waals surface area (Å²) in [7, 11) is 0. The number of carboxylic acids is 2.